The average Bonchev–Trinajstić information content (AvgIpc) is 2.90. The summed E-state index contributed by atoms with van der Waals surface area (Å²) in [7, 11) is 0. The Morgan fingerprint density at radius 3 is 2.28 bits per heavy atom. The van der Waals surface area contributed by atoms with E-state index in [-0.39, 0.29) is 5.69 Å². The van der Waals surface area contributed by atoms with E-state index in [1.54, 1.807) is 12.4 Å². The smallest absolute Gasteiger partial charge is 0.328 e. The van der Waals surface area contributed by atoms with Gasteiger partial charge in [-0.3, -0.25) is 14.1 Å². The largest absolute Gasteiger partial charge is 0.329 e. The number of nitrogens with zero attached hydrogens (tertiary/aromatic N) is 3. The fraction of sp³-hybridized carbons (Fsp3) is 0.400. The maximum Gasteiger partial charge on any atom is 0.329 e. The number of imidazole rings is 1. The molecule has 5 nitrogen and oxygen atoms in total. The van der Waals surface area contributed by atoms with Crippen LogP contribution in [0.4, 0.5) is 0 Å². The monoisotopic (exact) mass is 336 g/mol. The van der Waals surface area contributed by atoms with Crippen LogP contribution in [0.1, 0.15) is 31.2 Å². The molecule has 5 heteroatoms. The van der Waals surface area contributed by atoms with Crippen LogP contribution in [0.5, 0.6) is 0 Å². The van der Waals surface area contributed by atoms with Crippen LogP contribution in [-0.2, 0) is 13.1 Å². The van der Waals surface area contributed by atoms with Crippen molar-refractivity contribution >= 4 is 11.0 Å². The Labute approximate surface area is 147 Å². The van der Waals surface area contributed by atoms with Crippen LogP contribution >= 0.6 is 0 Å². The zero-order valence-corrected chi connectivity index (χ0v) is 14.3. The Balaban J connectivity index is 1.70. The predicted molar refractivity (Wildman–Crippen MR) is 99.5 cm³/mol. The minimum atomic E-state index is 0.0767. The third-order valence-corrected chi connectivity index (χ3v) is 5.35. The van der Waals surface area contributed by atoms with Gasteiger partial charge in [-0.25, -0.2) is 4.79 Å². The highest BCUT2D eigenvalue weighted by molar-refractivity contribution is 5.76. The summed E-state index contributed by atoms with van der Waals surface area (Å²) in [6, 6.07) is 12.3. The van der Waals surface area contributed by atoms with Crippen LogP contribution in [0.2, 0.25) is 0 Å². The lowest BCUT2D eigenvalue weighted by molar-refractivity contribution is 0.294. The highest BCUT2D eigenvalue weighted by Gasteiger charge is 2.21. The molecule has 0 atom stereocenters. The van der Waals surface area contributed by atoms with E-state index in [1.807, 2.05) is 45.5 Å². The van der Waals surface area contributed by atoms with Crippen molar-refractivity contribution in [3.05, 3.63) is 64.8 Å². The van der Waals surface area contributed by atoms with Crippen LogP contribution < -0.4 is 11.4 Å². The SMILES string of the molecule is N[C@H]1CC[C@H](Cn2c(=O)n(Cc3ccncc3)c3ccccc32)CC1. The van der Waals surface area contributed by atoms with Crippen molar-refractivity contribution in [2.75, 3.05) is 0 Å². The van der Waals surface area contributed by atoms with Crippen molar-refractivity contribution in [1.82, 2.24) is 14.1 Å². The molecule has 1 aliphatic rings. The quantitative estimate of drug-likeness (QED) is 0.797. The zero-order chi connectivity index (χ0) is 17.2. The summed E-state index contributed by atoms with van der Waals surface area (Å²) < 4.78 is 3.83. The summed E-state index contributed by atoms with van der Waals surface area (Å²) in [6.07, 6.45) is 7.88. The van der Waals surface area contributed by atoms with E-state index < -0.39 is 0 Å². The fourth-order valence-corrected chi connectivity index (χ4v) is 3.90. The molecule has 2 heterocycles. The van der Waals surface area contributed by atoms with E-state index >= 15 is 0 Å². The van der Waals surface area contributed by atoms with E-state index in [0.717, 1.165) is 48.8 Å². The first-order chi connectivity index (χ1) is 12.2. The molecule has 130 valence electrons. The number of aromatic nitrogens is 3. The minimum absolute atomic E-state index is 0.0767. The number of rotatable bonds is 4. The molecule has 4 rings (SSSR count). The van der Waals surface area contributed by atoms with Gasteiger partial charge < -0.3 is 5.73 Å². The van der Waals surface area contributed by atoms with Crippen LogP contribution in [0, 0.1) is 5.92 Å². The molecule has 0 aliphatic heterocycles. The van der Waals surface area contributed by atoms with Gasteiger partial charge in [0.1, 0.15) is 0 Å². The van der Waals surface area contributed by atoms with Gasteiger partial charge in [-0.05, 0) is 61.4 Å². The van der Waals surface area contributed by atoms with Gasteiger partial charge in [0.05, 0.1) is 17.6 Å². The van der Waals surface area contributed by atoms with Crippen LogP contribution in [0.15, 0.2) is 53.6 Å². The van der Waals surface area contributed by atoms with Crippen molar-refractivity contribution in [2.24, 2.45) is 11.7 Å². The molecule has 1 saturated carbocycles. The van der Waals surface area contributed by atoms with Crippen molar-refractivity contribution < 1.29 is 0 Å². The van der Waals surface area contributed by atoms with Gasteiger partial charge in [0.15, 0.2) is 0 Å². The van der Waals surface area contributed by atoms with Crippen molar-refractivity contribution in [3.8, 4) is 0 Å². The van der Waals surface area contributed by atoms with Gasteiger partial charge in [-0.1, -0.05) is 12.1 Å². The minimum Gasteiger partial charge on any atom is -0.328 e. The Bertz CT molecular complexity index is 904. The number of nitrogens with two attached hydrogens (primary N) is 1. The lowest BCUT2D eigenvalue weighted by Crippen LogP contribution is -2.31. The van der Waals surface area contributed by atoms with Crippen molar-refractivity contribution in [3.63, 3.8) is 0 Å². The van der Waals surface area contributed by atoms with E-state index in [2.05, 4.69) is 4.98 Å². The number of benzene rings is 1. The first-order valence-electron chi connectivity index (χ1n) is 9.05. The average molecular weight is 336 g/mol. The molecule has 1 aromatic carbocycles. The number of fused-ring (bicyclic) bond motifs is 1. The lowest BCUT2D eigenvalue weighted by atomic mass is 9.86. The molecule has 2 N–H and O–H groups in total. The molecule has 3 aromatic rings. The second-order valence-corrected chi connectivity index (χ2v) is 7.10. The molecule has 0 radical (unpaired) electrons. The second kappa shape index (κ2) is 6.84. The van der Waals surface area contributed by atoms with Crippen LogP contribution in [-0.4, -0.2) is 20.2 Å². The van der Waals surface area contributed by atoms with Gasteiger partial charge in [-0.2, -0.15) is 0 Å². The summed E-state index contributed by atoms with van der Waals surface area (Å²) in [5.41, 5.74) is 9.21. The summed E-state index contributed by atoms with van der Waals surface area (Å²) in [5.74, 6) is 0.540. The predicted octanol–water partition coefficient (Wildman–Crippen LogP) is 2.76. The van der Waals surface area contributed by atoms with Crippen molar-refractivity contribution in [1.29, 1.82) is 0 Å². The molecule has 0 spiro atoms. The Morgan fingerprint density at radius 2 is 1.60 bits per heavy atom. The Morgan fingerprint density at radius 1 is 0.960 bits per heavy atom. The highest BCUT2D eigenvalue weighted by atomic mass is 16.1. The van der Waals surface area contributed by atoms with E-state index in [1.165, 1.54) is 0 Å². The van der Waals surface area contributed by atoms with Gasteiger partial charge in [0.2, 0.25) is 0 Å². The molecular formula is C20H24N4O. The molecule has 0 amide bonds. The molecule has 25 heavy (non-hydrogen) atoms. The molecular weight excluding hydrogens is 312 g/mol. The maximum absolute atomic E-state index is 13.1. The van der Waals surface area contributed by atoms with Gasteiger partial charge in [-0.15, -0.1) is 0 Å². The Hall–Kier alpha value is -2.40. The molecule has 0 bridgehead atoms. The molecule has 1 fully saturated rings. The van der Waals surface area contributed by atoms with Gasteiger partial charge in [0, 0.05) is 25.0 Å². The topological polar surface area (TPSA) is 65.8 Å². The van der Waals surface area contributed by atoms with Gasteiger partial charge in [0.25, 0.3) is 0 Å². The number of pyridine rings is 1. The summed E-state index contributed by atoms with van der Waals surface area (Å²) in [6.45, 7) is 1.36. The van der Waals surface area contributed by atoms with Gasteiger partial charge >= 0.3 is 5.69 Å². The third kappa shape index (κ3) is 3.24. The molecule has 1 aliphatic carbocycles. The number of hydrogen-bond donors (Lipinski definition) is 1. The highest BCUT2D eigenvalue weighted by Crippen LogP contribution is 2.25. The molecule has 2 aromatic heterocycles. The summed E-state index contributed by atoms with van der Waals surface area (Å²) in [4.78, 5) is 17.2. The first-order valence-corrected chi connectivity index (χ1v) is 9.05. The van der Waals surface area contributed by atoms with Crippen molar-refractivity contribution in [2.45, 2.75) is 44.8 Å². The maximum atomic E-state index is 13.1. The van der Waals surface area contributed by atoms with E-state index in [0.29, 0.717) is 18.5 Å². The summed E-state index contributed by atoms with van der Waals surface area (Å²) >= 11 is 0. The molecule has 0 saturated heterocycles. The van der Waals surface area contributed by atoms with Crippen LogP contribution in [0.25, 0.3) is 11.0 Å². The summed E-state index contributed by atoms with van der Waals surface area (Å²) in [5, 5.41) is 0. The molecule has 0 unspecified atom stereocenters. The fourth-order valence-electron chi connectivity index (χ4n) is 3.90. The van der Waals surface area contributed by atoms with Crippen LogP contribution in [0.3, 0.4) is 0 Å². The number of hydrogen-bond acceptors (Lipinski definition) is 3. The second-order valence-electron chi connectivity index (χ2n) is 7.10. The van der Waals surface area contributed by atoms with E-state index in [9.17, 15) is 4.79 Å². The van der Waals surface area contributed by atoms with E-state index in [4.69, 9.17) is 5.73 Å². The lowest BCUT2D eigenvalue weighted by Gasteiger charge is -2.26. The normalized spacial score (nSPS) is 20.8. The number of para-hydroxylation sites is 2. The standard InChI is InChI=1S/C20H24N4O/c21-17-7-5-15(6-8-17)13-23-18-3-1-2-4-19(18)24(20(23)25)14-16-9-11-22-12-10-16/h1-4,9-12,15,17H,5-8,13-14,21H2/t15-,17-. The first kappa shape index (κ1) is 16.1. The third-order valence-electron chi connectivity index (χ3n) is 5.35. The zero-order valence-electron chi connectivity index (χ0n) is 14.3. The Kier molecular flexibility index (Phi) is 4.40.